The van der Waals surface area contributed by atoms with E-state index in [0.29, 0.717) is 0 Å². The zero-order valence-corrected chi connectivity index (χ0v) is 9.08. The fraction of sp³-hybridized carbons (Fsp3) is 0.333. The van der Waals surface area contributed by atoms with E-state index in [9.17, 15) is 0 Å². The van der Waals surface area contributed by atoms with E-state index in [1.807, 2.05) is 35.1 Å². The molecule has 0 radical (unpaired) electrons. The van der Waals surface area contributed by atoms with E-state index in [1.54, 1.807) is 7.11 Å². The molecule has 66 valence electrons. The van der Waals surface area contributed by atoms with Gasteiger partial charge in [-0.15, -0.1) is 0 Å². The normalized spacial score (nSPS) is 9.83. The Balaban J connectivity index is 2.53. The second-order valence-corrected chi connectivity index (χ2v) is 3.03. The monoisotopic (exact) mass is 278 g/mol. The van der Waals surface area contributed by atoms with E-state index < -0.39 is 0 Å². The van der Waals surface area contributed by atoms with Crippen molar-refractivity contribution in [1.29, 1.82) is 0 Å². The zero-order chi connectivity index (χ0) is 8.81. The summed E-state index contributed by atoms with van der Waals surface area (Å²) in [6.45, 7) is 0.757. The molecule has 0 bridgehead atoms. The summed E-state index contributed by atoms with van der Waals surface area (Å²) in [7, 11) is 1.67. The summed E-state index contributed by atoms with van der Waals surface area (Å²) in [4.78, 5) is 0. The van der Waals surface area contributed by atoms with Crippen LogP contribution in [0.5, 0.6) is 5.75 Å². The van der Waals surface area contributed by atoms with Gasteiger partial charge in [-0.1, -0.05) is 12.1 Å². The zero-order valence-electron chi connectivity index (χ0n) is 6.92. The molecule has 0 aliphatic rings. The van der Waals surface area contributed by atoms with Crippen LogP contribution in [0.25, 0.3) is 0 Å². The van der Waals surface area contributed by atoms with Crippen LogP contribution in [0.2, 0.25) is 0 Å². The summed E-state index contributed by atoms with van der Waals surface area (Å²) in [6.07, 6.45) is 0.951. The van der Waals surface area contributed by atoms with Crippen molar-refractivity contribution < 1.29 is 7.80 Å². The molecule has 1 rings (SSSR count). The van der Waals surface area contributed by atoms with Gasteiger partial charge in [-0.3, -0.25) is 0 Å². The first-order valence-corrected chi connectivity index (χ1v) is 4.61. The summed E-state index contributed by atoms with van der Waals surface area (Å²) < 4.78 is 9.98. The molecular formula is C9H11IO2. The van der Waals surface area contributed by atoms with Crippen molar-refractivity contribution >= 4 is 23.0 Å². The molecule has 0 fully saturated rings. The fourth-order valence-corrected chi connectivity index (χ4v) is 1.17. The third-order valence-electron chi connectivity index (χ3n) is 1.63. The summed E-state index contributed by atoms with van der Waals surface area (Å²) in [5.74, 6) is 0.897. The molecule has 0 unspecified atom stereocenters. The first-order chi connectivity index (χ1) is 5.86. The molecule has 0 N–H and O–H groups in total. The van der Waals surface area contributed by atoms with E-state index in [1.165, 1.54) is 5.56 Å². The Morgan fingerprint density at radius 1 is 1.25 bits per heavy atom. The Morgan fingerprint density at radius 3 is 2.42 bits per heavy atom. The topological polar surface area (TPSA) is 18.5 Å². The van der Waals surface area contributed by atoms with Gasteiger partial charge in [-0.25, -0.2) is 0 Å². The largest absolute Gasteiger partial charge is 0.497 e. The minimum absolute atomic E-state index is 0.757. The number of hydrogen-bond acceptors (Lipinski definition) is 2. The third kappa shape index (κ3) is 2.98. The maximum atomic E-state index is 5.04. The van der Waals surface area contributed by atoms with E-state index >= 15 is 0 Å². The number of benzene rings is 1. The van der Waals surface area contributed by atoms with Crippen molar-refractivity contribution in [3.63, 3.8) is 0 Å². The van der Waals surface area contributed by atoms with E-state index in [4.69, 9.17) is 7.80 Å². The highest BCUT2D eigenvalue weighted by Gasteiger charge is 1.93. The molecule has 0 aromatic heterocycles. The molecule has 0 aliphatic heterocycles. The van der Waals surface area contributed by atoms with Crippen LogP contribution in [0.1, 0.15) is 5.56 Å². The predicted octanol–water partition coefficient (Wildman–Crippen LogP) is 2.60. The first-order valence-electron chi connectivity index (χ1n) is 3.73. The van der Waals surface area contributed by atoms with E-state index in [-0.39, 0.29) is 0 Å². The van der Waals surface area contributed by atoms with Gasteiger partial charge in [-0.2, -0.15) is 0 Å². The first kappa shape index (κ1) is 9.80. The van der Waals surface area contributed by atoms with Gasteiger partial charge in [0.15, 0.2) is 0 Å². The summed E-state index contributed by atoms with van der Waals surface area (Å²) in [6, 6.07) is 8.02. The molecule has 0 spiro atoms. The molecule has 3 heteroatoms. The maximum absolute atomic E-state index is 5.04. The molecule has 0 atom stereocenters. The minimum atomic E-state index is 0.757. The molecule has 0 saturated heterocycles. The smallest absolute Gasteiger partial charge is 0.118 e. The van der Waals surface area contributed by atoms with Crippen molar-refractivity contribution in [2.45, 2.75) is 6.42 Å². The molecule has 0 amide bonds. The van der Waals surface area contributed by atoms with Gasteiger partial charge >= 0.3 is 0 Å². The van der Waals surface area contributed by atoms with Crippen molar-refractivity contribution in [3.05, 3.63) is 29.8 Å². The average Bonchev–Trinajstić information content (AvgIpc) is 2.15. The van der Waals surface area contributed by atoms with Gasteiger partial charge in [0.25, 0.3) is 0 Å². The lowest BCUT2D eigenvalue weighted by atomic mass is 10.1. The Kier molecular flexibility index (Phi) is 4.39. The average molecular weight is 278 g/mol. The number of methoxy groups -OCH3 is 1. The SMILES string of the molecule is COc1ccc(CCOI)cc1. The van der Waals surface area contributed by atoms with Crippen LogP contribution in [0.3, 0.4) is 0 Å². The molecule has 1 aromatic carbocycles. The van der Waals surface area contributed by atoms with Gasteiger partial charge < -0.3 is 7.80 Å². The van der Waals surface area contributed by atoms with E-state index in [2.05, 4.69) is 12.1 Å². The number of rotatable bonds is 4. The third-order valence-corrected chi connectivity index (χ3v) is 2.07. The molecule has 12 heavy (non-hydrogen) atoms. The van der Waals surface area contributed by atoms with Gasteiger partial charge in [0.05, 0.1) is 13.7 Å². The van der Waals surface area contributed by atoms with Crippen molar-refractivity contribution in [1.82, 2.24) is 0 Å². The molecule has 0 saturated carbocycles. The number of hydrogen-bond donors (Lipinski definition) is 0. The Hall–Kier alpha value is -0.290. The van der Waals surface area contributed by atoms with Crippen molar-refractivity contribution in [2.24, 2.45) is 0 Å². The Labute approximate surface area is 86.6 Å². The van der Waals surface area contributed by atoms with Crippen LogP contribution in [-0.2, 0) is 9.49 Å². The lowest BCUT2D eigenvalue weighted by molar-refractivity contribution is 0.413. The second kappa shape index (κ2) is 5.37. The lowest BCUT2D eigenvalue weighted by Gasteiger charge is -2.01. The Morgan fingerprint density at radius 2 is 1.92 bits per heavy atom. The summed E-state index contributed by atoms with van der Waals surface area (Å²) >= 11 is 1.90. The molecule has 1 aromatic rings. The molecular weight excluding hydrogens is 267 g/mol. The predicted molar refractivity (Wildman–Crippen MR) is 56.7 cm³/mol. The fourth-order valence-electron chi connectivity index (χ4n) is 0.949. The molecule has 0 aliphatic carbocycles. The Bertz CT molecular complexity index is 220. The summed E-state index contributed by atoms with van der Waals surface area (Å²) in [5, 5.41) is 0. The molecule has 0 heterocycles. The minimum Gasteiger partial charge on any atom is -0.497 e. The summed E-state index contributed by atoms with van der Waals surface area (Å²) in [5.41, 5.74) is 1.27. The highest BCUT2D eigenvalue weighted by Crippen LogP contribution is 2.11. The van der Waals surface area contributed by atoms with Gasteiger partial charge in [-0.05, 0) is 24.1 Å². The van der Waals surface area contributed by atoms with Crippen LogP contribution in [0, 0.1) is 0 Å². The lowest BCUT2D eigenvalue weighted by Crippen LogP contribution is -1.91. The number of halogens is 1. The van der Waals surface area contributed by atoms with Crippen molar-refractivity contribution in [3.8, 4) is 5.75 Å². The standard InChI is InChI=1S/C9H11IO2/c1-11-9-4-2-8(3-5-9)6-7-12-10/h2-5H,6-7H2,1H3. The molecule has 2 nitrogen and oxygen atoms in total. The van der Waals surface area contributed by atoms with Gasteiger partial charge in [0, 0.05) is 0 Å². The van der Waals surface area contributed by atoms with Gasteiger partial charge in [0.2, 0.25) is 0 Å². The maximum Gasteiger partial charge on any atom is 0.118 e. The van der Waals surface area contributed by atoms with E-state index in [0.717, 1.165) is 18.8 Å². The highest BCUT2D eigenvalue weighted by molar-refractivity contribution is 14.1. The van der Waals surface area contributed by atoms with Crippen LogP contribution < -0.4 is 4.74 Å². The van der Waals surface area contributed by atoms with Crippen LogP contribution in [0.15, 0.2) is 24.3 Å². The highest BCUT2D eigenvalue weighted by atomic mass is 127. The van der Waals surface area contributed by atoms with Crippen molar-refractivity contribution in [2.75, 3.05) is 13.7 Å². The quantitative estimate of drug-likeness (QED) is 0.788. The van der Waals surface area contributed by atoms with Crippen LogP contribution >= 0.6 is 23.0 Å². The van der Waals surface area contributed by atoms with Crippen LogP contribution in [-0.4, -0.2) is 13.7 Å². The number of ether oxygens (including phenoxy) is 1. The van der Waals surface area contributed by atoms with Crippen LogP contribution in [0.4, 0.5) is 0 Å². The second-order valence-electron chi connectivity index (χ2n) is 2.41. The van der Waals surface area contributed by atoms with Gasteiger partial charge in [0.1, 0.15) is 28.8 Å².